The quantitative estimate of drug-likeness (QED) is 0.648. The number of hydrogen-bond donors (Lipinski definition) is 1. The zero-order valence-corrected chi connectivity index (χ0v) is 18.2. The fourth-order valence-electron chi connectivity index (χ4n) is 4.24. The molecule has 1 saturated carbocycles. The topological polar surface area (TPSA) is 75.7 Å². The molecule has 0 aromatic heterocycles. The van der Waals surface area contributed by atoms with Crippen molar-refractivity contribution in [3.63, 3.8) is 0 Å². The van der Waals surface area contributed by atoms with Gasteiger partial charge in [0.1, 0.15) is 0 Å². The third kappa shape index (κ3) is 5.13. The van der Waals surface area contributed by atoms with Crippen LogP contribution < -0.4 is 5.32 Å². The Kier molecular flexibility index (Phi) is 7.45. The van der Waals surface area contributed by atoms with Crippen molar-refractivity contribution in [2.24, 2.45) is 0 Å². The largest absolute Gasteiger partial charge is 0.455 e. The van der Waals surface area contributed by atoms with Gasteiger partial charge in [-0.1, -0.05) is 49.2 Å². The van der Waals surface area contributed by atoms with Crippen molar-refractivity contribution in [3.05, 3.63) is 65.7 Å². The first-order valence-corrected chi connectivity index (χ1v) is 10.9. The van der Waals surface area contributed by atoms with Crippen molar-refractivity contribution in [2.75, 3.05) is 25.0 Å². The van der Waals surface area contributed by atoms with Crippen LogP contribution in [0.15, 0.2) is 54.6 Å². The summed E-state index contributed by atoms with van der Waals surface area (Å²) in [5.41, 5.74) is 1.28. The third-order valence-corrected chi connectivity index (χ3v) is 5.95. The maximum atomic E-state index is 13.0. The van der Waals surface area contributed by atoms with E-state index in [4.69, 9.17) is 4.74 Å². The Morgan fingerprint density at radius 2 is 1.65 bits per heavy atom. The molecule has 1 aliphatic carbocycles. The van der Waals surface area contributed by atoms with Crippen LogP contribution in [0.2, 0.25) is 0 Å². The van der Waals surface area contributed by atoms with Crippen molar-refractivity contribution >= 4 is 23.5 Å². The molecule has 2 amide bonds. The number of hydrogen-bond acceptors (Lipinski definition) is 4. The number of nitrogens with zero attached hydrogens (tertiary/aromatic N) is 1. The first-order valence-electron chi connectivity index (χ1n) is 10.9. The van der Waals surface area contributed by atoms with Crippen LogP contribution in [0.4, 0.5) is 5.69 Å². The Bertz CT molecular complexity index is 916. The number of carbonyl (C=O) groups excluding carboxylic acids is 3. The molecule has 0 saturated heterocycles. The van der Waals surface area contributed by atoms with Gasteiger partial charge in [0, 0.05) is 24.3 Å². The van der Waals surface area contributed by atoms with Gasteiger partial charge < -0.3 is 15.0 Å². The van der Waals surface area contributed by atoms with Crippen molar-refractivity contribution < 1.29 is 19.1 Å². The summed E-state index contributed by atoms with van der Waals surface area (Å²) in [7, 11) is 0. The molecule has 6 nitrogen and oxygen atoms in total. The van der Waals surface area contributed by atoms with Gasteiger partial charge in [-0.05, 0) is 50.5 Å². The number of rotatable bonds is 8. The number of esters is 1. The summed E-state index contributed by atoms with van der Waals surface area (Å²) in [6.45, 7) is 4.72. The Morgan fingerprint density at radius 1 is 0.968 bits per heavy atom. The zero-order chi connectivity index (χ0) is 22.3. The predicted octanol–water partition coefficient (Wildman–Crippen LogP) is 4.16. The van der Waals surface area contributed by atoms with E-state index in [1.807, 2.05) is 44.2 Å². The minimum Gasteiger partial charge on any atom is -0.455 e. The fraction of sp³-hybridized carbons (Fsp3) is 0.400. The monoisotopic (exact) mass is 422 g/mol. The average Bonchev–Trinajstić information content (AvgIpc) is 3.30. The lowest BCUT2D eigenvalue weighted by Gasteiger charge is -2.27. The average molecular weight is 423 g/mol. The summed E-state index contributed by atoms with van der Waals surface area (Å²) in [5, 5.41) is 2.72. The first kappa shape index (κ1) is 22.5. The van der Waals surface area contributed by atoms with E-state index in [0.717, 1.165) is 31.2 Å². The molecule has 31 heavy (non-hydrogen) atoms. The summed E-state index contributed by atoms with van der Waals surface area (Å²) >= 11 is 0. The second kappa shape index (κ2) is 10.2. The summed E-state index contributed by atoms with van der Waals surface area (Å²) in [6.07, 6.45) is 3.38. The minimum atomic E-state index is -0.669. The number of anilines is 1. The highest BCUT2D eigenvalue weighted by Crippen LogP contribution is 2.42. The lowest BCUT2D eigenvalue weighted by atomic mass is 9.79. The molecule has 2 aromatic rings. The summed E-state index contributed by atoms with van der Waals surface area (Å²) in [5.74, 6) is -0.864. The second-order valence-electron chi connectivity index (χ2n) is 7.84. The van der Waals surface area contributed by atoms with Gasteiger partial charge in [-0.3, -0.25) is 14.4 Å². The molecule has 1 aliphatic rings. The third-order valence-electron chi connectivity index (χ3n) is 5.95. The number of carbonyl (C=O) groups is 3. The van der Waals surface area contributed by atoms with Gasteiger partial charge in [0.2, 0.25) is 0 Å². The summed E-state index contributed by atoms with van der Waals surface area (Å²) in [6, 6.07) is 16.5. The molecule has 0 heterocycles. The van der Waals surface area contributed by atoms with Crippen molar-refractivity contribution in [3.8, 4) is 0 Å². The lowest BCUT2D eigenvalue weighted by Crippen LogP contribution is -2.36. The predicted molar refractivity (Wildman–Crippen MR) is 120 cm³/mol. The van der Waals surface area contributed by atoms with Gasteiger partial charge in [-0.2, -0.15) is 0 Å². The van der Waals surface area contributed by atoms with Gasteiger partial charge in [0.05, 0.1) is 5.41 Å². The Morgan fingerprint density at radius 3 is 2.29 bits per heavy atom. The number of nitrogens with one attached hydrogen (secondary N) is 1. The number of ether oxygens (including phenoxy) is 1. The van der Waals surface area contributed by atoms with Crippen LogP contribution in [0.1, 0.15) is 55.5 Å². The van der Waals surface area contributed by atoms with E-state index in [2.05, 4.69) is 5.32 Å². The van der Waals surface area contributed by atoms with Crippen molar-refractivity contribution in [2.45, 2.75) is 44.9 Å². The standard InChI is InChI=1S/C25H30N2O4/c1-3-27(4-2)23(29)19-11-10-14-21(17-19)26-22(28)18-31-24(30)25(15-8-9-16-25)20-12-6-5-7-13-20/h5-7,10-14,17H,3-4,8-9,15-16,18H2,1-2H3,(H,26,28). The van der Waals surface area contributed by atoms with Crippen LogP contribution in [0.5, 0.6) is 0 Å². The Balaban J connectivity index is 1.62. The first-order chi connectivity index (χ1) is 15.0. The van der Waals surface area contributed by atoms with Crippen LogP contribution in [-0.2, 0) is 19.7 Å². The maximum absolute atomic E-state index is 13.0. The van der Waals surface area contributed by atoms with Crippen LogP contribution in [0.25, 0.3) is 0 Å². The molecule has 1 N–H and O–H groups in total. The minimum absolute atomic E-state index is 0.0847. The number of amides is 2. The van der Waals surface area contributed by atoms with E-state index in [1.54, 1.807) is 29.2 Å². The molecular weight excluding hydrogens is 392 g/mol. The van der Waals surface area contributed by atoms with Gasteiger partial charge >= 0.3 is 5.97 Å². The molecule has 3 rings (SSSR count). The summed E-state index contributed by atoms with van der Waals surface area (Å²) < 4.78 is 5.44. The van der Waals surface area contributed by atoms with Crippen molar-refractivity contribution in [1.29, 1.82) is 0 Å². The van der Waals surface area contributed by atoms with Gasteiger partial charge in [0.25, 0.3) is 11.8 Å². The van der Waals surface area contributed by atoms with Gasteiger partial charge in [-0.25, -0.2) is 0 Å². The van der Waals surface area contributed by atoms with E-state index in [0.29, 0.717) is 24.3 Å². The van der Waals surface area contributed by atoms with Crippen molar-refractivity contribution in [1.82, 2.24) is 4.90 Å². The molecule has 0 spiro atoms. The van der Waals surface area contributed by atoms with Crippen LogP contribution in [-0.4, -0.2) is 42.4 Å². The SMILES string of the molecule is CCN(CC)C(=O)c1cccc(NC(=O)COC(=O)C2(c3ccccc3)CCCC2)c1. The molecule has 0 atom stereocenters. The second-order valence-corrected chi connectivity index (χ2v) is 7.84. The molecule has 0 radical (unpaired) electrons. The highest BCUT2D eigenvalue weighted by Gasteiger charge is 2.44. The van der Waals surface area contributed by atoms with Crippen LogP contribution in [0.3, 0.4) is 0 Å². The Hall–Kier alpha value is -3.15. The molecule has 164 valence electrons. The Labute approximate surface area is 183 Å². The molecule has 0 unspecified atom stereocenters. The van der Waals surface area contributed by atoms with E-state index in [9.17, 15) is 14.4 Å². The van der Waals surface area contributed by atoms with Crippen LogP contribution >= 0.6 is 0 Å². The highest BCUT2D eigenvalue weighted by molar-refractivity contribution is 5.98. The van der Waals surface area contributed by atoms with Crippen LogP contribution in [0, 0.1) is 0 Å². The van der Waals surface area contributed by atoms with Gasteiger partial charge in [-0.15, -0.1) is 0 Å². The van der Waals surface area contributed by atoms with E-state index in [-0.39, 0.29) is 18.5 Å². The molecule has 2 aromatic carbocycles. The molecular formula is C25H30N2O4. The fourth-order valence-corrected chi connectivity index (χ4v) is 4.24. The molecule has 0 bridgehead atoms. The lowest BCUT2D eigenvalue weighted by molar-refractivity contribution is -0.153. The molecule has 0 aliphatic heterocycles. The van der Waals surface area contributed by atoms with Gasteiger partial charge in [0.15, 0.2) is 6.61 Å². The molecule has 6 heteroatoms. The van der Waals surface area contributed by atoms with E-state index < -0.39 is 11.3 Å². The maximum Gasteiger partial charge on any atom is 0.317 e. The van der Waals surface area contributed by atoms with E-state index >= 15 is 0 Å². The molecule has 1 fully saturated rings. The normalized spacial score (nSPS) is 14.6. The highest BCUT2D eigenvalue weighted by atomic mass is 16.5. The summed E-state index contributed by atoms with van der Waals surface area (Å²) in [4.78, 5) is 39.6. The smallest absolute Gasteiger partial charge is 0.317 e. The zero-order valence-electron chi connectivity index (χ0n) is 18.2. The number of benzene rings is 2. The van der Waals surface area contributed by atoms with E-state index in [1.165, 1.54) is 0 Å².